The van der Waals surface area contributed by atoms with E-state index in [-0.39, 0.29) is 11.3 Å². The van der Waals surface area contributed by atoms with Crippen LogP contribution in [0.3, 0.4) is 0 Å². The summed E-state index contributed by atoms with van der Waals surface area (Å²) in [6.07, 6.45) is 0.731. The molecule has 43 heavy (non-hydrogen) atoms. The van der Waals surface area contributed by atoms with Gasteiger partial charge in [0.25, 0.3) is 5.60 Å². The average molecular weight is 638 g/mol. The Bertz CT molecular complexity index is 1700. The van der Waals surface area contributed by atoms with Crippen molar-refractivity contribution >= 4 is 51.6 Å². The van der Waals surface area contributed by atoms with Crippen molar-refractivity contribution in [3.8, 4) is 0 Å². The molecule has 2 aromatic carbocycles. The highest BCUT2D eigenvalue weighted by atomic mass is 35.5. The lowest BCUT2D eigenvalue weighted by Crippen LogP contribution is -2.42. The van der Waals surface area contributed by atoms with Crippen LogP contribution in [-0.4, -0.2) is 43.8 Å². The number of amides is 1. The smallest absolute Gasteiger partial charge is 0.435 e. The van der Waals surface area contributed by atoms with E-state index in [0.717, 1.165) is 12.1 Å². The summed E-state index contributed by atoms with van der Waals surface area (Å²) in [5, 5.41) is 11.9. The molecule has 0 spiro atoms. The Morgan fingerprint density at radius 1 is 1.09 bits per heavy atom. The van der Waals surface area contributed by atoms with Gasteiger partial charge in [0.05, 0.1) is 21.7 Å². The van der Waals surface area contributed by atoms with Crippen LogP contribution in [-0.2, 0) is 21.7 Å². The third-order valence-electron chi connectivity index (χ3n) is 6.56. The third kappa shape index (κ3) is 6.52. The number of oxime groups is 1. The number of aromatic nitrogens is 3. The number of halogens is 6. The van der Waals surface area contributed by atoms with Gasteiger partial charge >= 0.3 is 12.1 Å². The van der Waals surface area contributed by atoms with Gasteiger partial charge in [-0.05, 0) is 35.7 Å². The zero-order valence-corrected chi connectivity index (χ0v) is 23.6. The van der Waals surface area contributed by atoms with Crippen molar-refractivity contribution in [2.24, 2.45) is 16.8 Å². The molecule has 0 bridgehead atoms. The Morgan fingerprint density at radius 3 is 2.33 bits per heavy atom. The number of hydrogen-bond acceptors (Lipinski definition) is 7. The van der Waals surface area contributed by atoms with Crippen LogP contribution in [0.2, 0.25) is 10.0 Å². The van der Waals surface area contributed by atoms with Gasteiger partial charge < -0.3 is 15.7 Å². The summed E-state index contributed by atoms with van der Waals surface area (Å²) in [6.45, 7) is 1.64. The van der Waals surface area contributed by atoms with Crippen LogP contribution in [0.4, 0.5) is 17.6 Å². The summed E-state index contributed by atoms with van der Waals surface area (Å²) in [5.41, 5.74) is 2.37. The molecule has 4 aromatic rings. The predicted molar refractivity (Wildman–Crippen MR) is 149 cm³/mol. The fourth-order valence-electron chi connectivity index (χ4n) is 4.29. The lowest BCUT2D eigenvalue weighted by Gasteiger charge is -2.29. The molecule has 9 nitrogen and oxygen atoms in total. The minimum Gasteiger partial charge on any atom is -0.481 e. The quantitative estimate of drug-likeness (QED) is 0.192. The molecule has 0 radical (unpaired) electrons. The van der Waals surface area contributed by atoms with E-state index >= 15 is 0 Å². The highest BCUT2D eigenvalue weighted by molar-refractivity contribution is 6.35. The number of carboxylic acid groups (broad SMARTS) is 1. The average Bonchev–Trinajstić information content (AvgIpc) is 3.43. The zero-order valence-electron chi connectivity index (χ0n) is 22.1. The second kappa shape index (κ2) is 12.5. The lowest BCUT2D eigenvalue weighted by atomic mass is 9.85. The molecule has 3 heterocycles. The van der Waals surface area contributed by atoms with Crippen LogP contribution < -0.4 is 5.73 Å². The van der Waals surface area contributed by atoms with Gasteiger partial charge in [-0.3, -0.25) is 14.6 Å². The second-order valence-electron chi connectivity index (χ2n) is 9.44. The summed E-state index contributed by atoms with van der Waals surface area (Å²) >= 11 is 11.4. The molecular formula is C28H21Cl2F4N5O4. The van der Waals surface area contributed by atoms with Crippen molar-refractivity contribution in [1.29, 1.82) is 0 Å². The second-order valence-corrected chi connectivity index (χ2v) is 10.3. The minimum absolute atomic E-state index is 0.0406. The van der Waals surface area contributed by atoms with E-state index in [9.17, 15) is 27.2 Å². The Labute approximate surface area is 251 Å². The number of carboxylic acids is 1. The molecule has 0 saturated carbocycles. The molecule has 5 rings (SSSR count). The minimum atomic E-state index is -4.94. The van der Waals surface area contributed by atoms with Crippen LogP contribution in [0.1, 0.15) is 40.7 Å². The van der Waals surface area contributed by atoms with Gasteiger partial charge in [-0.15, -0.1) is 0 Å². The van der Waals surface area contributed by atoms with Crippen LogP contribution in [0.25, 0.3) is 10.8 Å². The van der Waals surface area contributed by atoms with Crippen molar-refractivity contribution in [1.82, 2.24) is 15.0 Å². The number of alkyl halides is 3. The number of nitrogens with zero attached hydrogens (tertiary/aromatic N) is 4. The first kappa shape index (κ1) is 31.6. The summed E-state index contributed by atoms with van der Waals surface area (Å²) in [4.78, 5) is 38.9. The number of pyridine rings is 1. The molecule has 0 saturated heterocycles. The monoisotopic (exact) mass is 637 g/mol. The van der Waals surface area contributed by atoms with Crippen LogP contribution in [0.15, 0.2) is 66.3 Å². The molecule has 1 amide bonds. The van der Waals surface area contributed by atoms with Gasteiger partial charge in [0.15, 0.2) is 5.82 Å². The van der Waals surface area contributed by atoms with Gasteiger partial charge in [0.1, 0.15) is 5.82 Å². The van der Waals surface area contributed by atoms with Crippen LogP contribution in [0.5, 0.6) is 0 Å². The van der Waals surface area contributed by atoms with Crippen molar-refractivity contribution in [2.75, 3.05) is 0 Å². The Balaban J connectivity index is 0.000000296. The molecule has 15 heteroatoms. The number of carbonyl (C=O) groups excluding carboxylic acids is 1. The first-order valence-corrected chi connectivity index (χ1v) is 13.1. The van der Waals surface area contributed by atoms with Gasteiger partial charge in [-0.2, -0.15) is 13.2 Å². The highest BCUT2D eigenvalue weighted by Gasteiger charge is 2.62. The molecule has 224 valence electrons. The largest absolute Gasteiger partial charge is 0.481 e. The van der Waals surface area contributed by atoms with E-state index in [4.69, 9.17) is 38.9 Å². The van der Waals surface area contributed by atoms with Gasteiger partial charge in [0.2, 0.25) is 5.91 Å². The van der Waals surface area contributed by atoms with Crippen LogP contribution in [0, 0.1) is 11.7 Å². The summed E-state index contributed by atoms with van der Waals surface area (Å²) in [6, 6.07) is 7.67. The number of rotatable bonds is 6. The summed E-state index contributed by atoms with van der Waals surface area (Å²) in [7, 11) is 0. The van der Waals surface area contributed by atoms with E-state index in [1.807, 2.05) is 0 Å². The third-order valence-corrected chi connectivity index (χ3v) is 7.11. The SMILES string of the molecule is CC(Cc1ncccn1)C(=O)O.NC(=O)c1ccc(C2=NOC(c3cc(Cl)c(F)c(Cl)c3)(C(F)(F)F)C2)c2ccncc12. The molecule has 0 aliphatic carbocycles. The molecule has 3 N–H and O–H groups in total. The van der Waals surface area contributed by atoms with E-state index in [1.54, 1.807) is 25.4 Å². The molecule has 2 unspecified atom stereocenters. The topological polar surface area (TPSA) is 141 Å². The number of nitrogens with two attached hydrogens (primary N) is 1. The molecular weight excluding hydrogens is 617 g/mol. The number of carbonyl (C=O) groups is 2. The van der Waals surface area contributed by atoms with Gasteiger partial charge in [-0.25, -0.2) is 14.4 Å². The van der Waals surface area contributed by atoms with E-state index in [2.05, 4.69) is 20.1 Å². The van der Waals surface area contributed by atoms with Crippen molar-refractivity contribution in [2.45, 2.75) is 31.5 Å². The summed E-state index contributed by atoms with van der Waals surface area (Å²) in [5.74, 6) is -2.42. The fraction of sp³-hybridized carbons (Fsp3) is 0.214. The Morgan fingerprint density at radius 2 is 1.74 bits per heavy atom. The maximum absolute atomic E-state index is 14.2. The highest BCUT2D eigenvalue weighted by Crippen LogP contribution is 2.50. The van der Waals surface area contributed by atoms with Crippen molar-refractivity contribution in [3.63, 3.8) is 0 Å². The molecule has 1 aliphatic heterocycles. The van der Waals surface area contributed by atoms with Gasteiger partial charge in [-0.1, -0.05) is 41.3 Å². The van der Waals surface area contributed by atoms with E-state index in [0.29, 0.717) is 28.6 Å². The fourth-order valence-corrected chi connectivity index (χ4v) is 4.78. The summed E-state index contributed by atoms with van der Waals surface area (Å²) < 4.78 is 56.3. The van der Waals surface area contributed by atoms with Crippen molar-refractivity contribution < 1.29 is 37.1 Å². The first-order valence-electron chi connectivity index (χ1n) is 12.4. The van der Waals surface area contributed by atoms with Crippen molar-refractivity contribution in [3.05, 3.63) is 99.6 Å². The standard InChI is InChI=1S/C20H11Cl2F4N3O2.C8H10N2O2/c21-14-5-9(6-15(22)17(14)23)19(20(24,25)26)7-16(29-31-19)11-1-2-12(18(27)30)13-8-28-4-3-10(11)13;1-6(8(11)12)5-7-9-3-2-4-10-7/h1-6,8H,7H2,(H2,27,30);2-4,6H,5H2,1H3,(H,11,12). The first-order chi connectivity index (χ1) is 20.2. The zero-order chi connectivity index (χ0) is 31.5. The lowest BCUT2D eigenvalue weighted by molar-refractivity contribution is -0.275. The predicted octanol–water partition coefficient (Wildman–Crippen LogP) is 6.10. The molecule has 2 atom stereocenters. The number of fused-ring (bicyclic) bond motifs is 1. The maximum atomic E-state index is 14.2. The Kier molecular flexibility index (Phi) is 9.16. The number of hydrogen-bond donors (Lipinski definition) is 2. The normalized spacial score (nSPS) is 17.0. The number of benzene rings is 2. The molecule has 0 fully saturated rings. The van der Waals surface area contributed by atoms with E-state index < -0.39 is 57.4 Å². The maximum Gasteiger partial charge on any atom is 0.435 e. The molecule has 2 aromatic heterocycles. The Hall–Kier alpha value is -4.36. The van der Waals surface area contributed by atoms with E-state index in [1.165, 1.54) is 30.6 Å². The van der Waals surface area contributed by atoms with Crippen LogP contribution >= 0.6 is 23.2 Å². The number of primary amides is 1. The molecule has 1 aliphatic rings. The number of aliphatic carboxylic acids is 1. The van der Waals surface area contributed by atoms with Gasteiger partial charge in [0, 0.05) is 59.7 Å².